The van der Waals surface area contributed by atoms with E-state index in [1.165, 1.54) is 32.5 Å². The Balaban J connectivity index is 1.72. The van der Waals surface area contributed by atoms with E-state index in [2.05, 4.69) is 22.1 Å². The van der Waals surface area contributed by atoms with Crippen LogP contribution in [0.15, 0.2) is 18.3 Å². The summed E-state index contributed by atoms with van der Waals surface area (Å²) in [5.41, 5.74) is 0. The molecule has 1 N–H and O–H groups in total. The smallest absolute Gasteiger partial charge is 0.168 e. The van der Waals surface area contributed by atoms with Crippen LogP contribution >= 0.6 is 0 Å². The largest absolute Gasteiger partial charge is 0.490 e. The number of ether oxygens (including phenoxy) is 1. The molecule has 1 aromatic heterocycles. The number of hydrogen-bond donors (Lipinski definition) is 1. The summed E-state index contributed by atoms with van der Waals surface area (Å²) in [5, 5.41) is 3.38. The highest BCUT2D eigenvalue weighted by Crippen LogP contribution is 2.20. The molecule has 1 fully saturated rings. The van der Waals surface area contributed by atoms with Crippen molar-refractivity contribution in [2.24, 2.45) is 0 Å². The summed E-state index contributed by atoms with van der Waals surface area (Å²) in [6.45, 7) is 7.54. The fraction of sp³-hybridized carbons (Fsp3) is 0.667. The van der Waals surface area contributed by atoms with Crippen molar-refractivity contribution in [3.8, 4) is 5.75 Å². The zero-order valence-corrected chi connectivity index (χ0v) is 11.9. The third-order valence-electron chi connectivity index (χ3n) is 3.37. The van der Waals surface area contributed by atoms with Gasteiger partial charge >= 0.3 is 0 Å². The van der Waals surface area contributed by atoms with Gasteiger partial charge < -0.3 is 15.0 Å². The van der Waals surface area contributed by atoms with Crippen LogP contribution in [0.25, 0.3) is 0 Å². The van der Waals surface area contributed by atoms with E-state index in [0.717, 1.165) is 37.6 Å². The molecule has 2 heterocycles. The number of rotatable bonds is 8. The number of likely N-dealkylation sites (tertiary alicyclic amines) is 1. The van der Waals surface area contributed by atoms with Crippen molar-refractivity contribution in [2.45, 2.75) is 32.6 Å². The minimum Gasteiger partial charge on any atom is -0.490 e. The van der Waals surface area contributed by atoms with E-state index in [-0.39, 0.29) is 0 Å². The summed E-state index contributed by atoms with van der Waals surface area (Å²) in [4.78, 5) is 6.89. The third kappa shape index (κ3) is 4.71. The van der Waals surface area contributed by atoms with E-state index < -0.39 is 0 Å². The molecule has 0 aromatic carbocycles. The predicted octanol–water partition coefficient (Wildman–Crippen LogP) is 2.77. The van der Waals surface area contributed by atoms with E-state index in [9.17, 15) is 0 Å². The molecule has 19 heavy (non-hydrogen) atoms. The molecule has 106 valence electrons. The van der Waals surface area contributed by atoms with E-state index in [1.807, 2.05) is 18.3 Å². The molecule has 0 radical (unpaired) electrons. The molecule has 0 unspecified atom stereocenters. The monoisotopic (exact) mass is 263 g/mol. The lowest BCUT2D eigenvalue weighted by atomic mass is 10.3. The number of pyridine rings is 1. The maximum Gasteiger partial charge on any atom is 0.168 e. The molecule has 4 nitrogen and oxygen atoms in total. The van der Waals surface area contributed by atoms with Crippen LogP contribution in [0.5, 0.6) is 5.75 Å². The van der Waals surface area contributed by atoms with Crippen LogP contribution in [0.3, 0.4) is 0 Å². The van der Waals surface area contributed by atoms with Crippen LogP contribution in [0.1, 0.15) is 32.6 Å². The zero-order chi connectivity index (χ0) is 13.3. The van der Waals surface area contributed by atoms with Gasteiger partial charge in [-0.05, 0) is 57.5 Å². The van der Waals surface area contributed by atoms with Crippen molar-refractivity contribution in [1.29, 1.82) is 0 Å². The first-order valence-corrected chi connectivity index (χ1v) is 7.44. The highest BCUT2D eigenvalue weighted by Gasteiger charge is 2.10. The molecule has 2 rings (SSSR count). The first kappa shape index (κ1) is 14.1. The maximum absolute atomic E-state index is 5.68. The van der Waals surface area contributed by atoms with Crippen molar-refractivity contribution < 1.29 is 4.74 Å². The Morgan fingerprint density at radius 2 is 2.21 bits per heavy atom. The molecule has 1 aliphatic heterocycles. The van der Waals surface area contributed by atoms with Crippen LogP contribution in [-0.4, -0.2) is 42.7 Å². The molecule has 0 spiro atoms. The summed E-state index contributed by atoms with van der Waals surface area (Å²) in [7, 11) is 0. The summed E-state index contributed by atoms with van der Waals surface area (Å²) in [6, 6.07) is 3.89. The number of nitrogens with one attached hydrogen (secondary N) is 1. The molecular weight excluding hydrogens is 238 g/mol. The van der Waals surface area contributed by atoms with Gasteiger partial charge in [0.25, 0.3) is 0 Å². The van der Waals surface area contributed by atoms with Crippen molar-refractivity contribution in [3.63, 3.8) is 0 Å². The third-order valence-corrected chi connectivity index (χ3v) is 3.37. The van der Waals surface area contributed by atoms with Gasteiger partial charge in [-0.25, -0.2) is 4.98 Å². The summed E-state index contributed by atoms with van der Waals surface area (Å²) in [5.74, 6) is 1.74. The maximum atomic E-state index is 5.68. The normalized spacial score (nSPS) is 15.6. The number of aromatic nitrogens is 1. The van der Waals surface area contributed by atoms with Gasteiger partial charge in [-0.1, -0.05) is 6.92 Å². The second-order valence-corrected chi connectivity index (χ2v) is 5.03. The number of hydrogen-bond acceptors (Lipinski definition) is 4. The molecule has 1 aromatic rings. The van der Waals surface area contributed by atoms with Gasteiger partial charge in [0.2, 0.25) is 0 Å². The Bertz CT molecular complexity index is 364. The SMILES string of the molecule is CCCOc1cccnc1NCCCN1CCCC1. The van der Waals surface area contributed by atoms with Gasteiger partial charge in [-0.15, -0.1) is 0 Å². The first-order chi connectivity index (χ1) is 9.40. The fourth-order valence-corrected chi connectivity index (χ4v) is 2.37. The minimum atomic E-state index is 0.744. The molecule has 1 aliphatic rings. The van der Waals surface area contributed by atoms with Crippen LogP contribution in [0, 0.1) is 0 Å². The number of nitrogens with zero attached hydrogens (tertiary/aromatic N) is 2. The second kappa shape index (κ2) is 8.00. The van der Waals surface area contributed by atoms with Gasteiger partial charge in [-0.3, -0.25) is 0 Å². The topological polar surface area (TPSA) is 37.4 Å². The van der Waals surface area contributed by atoms with Gasteiger partial charge in [0.1, 0.15) is 0 Å². The lowest BCUT2D eigenvalue weighted by Gasteiger charge is -2.15. The minimum absolute atomic E-state index is 0.744. The summed E-state index contributed by atoms with van der Waals surface area (Å²) < 4.78 is 5.68. The highest BCUT2D eigenvalue weighted by molar-refractivity contribution is 5.49. The van der Waals surface area contributed by atoms with Crippen LogP contribution in [0.2, 0.25) is 0 Å². The van der Waals surface area contributed by atoms with Crippen molar-refractivity contribution in [1.82, 2.24) is 9.88 Å². The Kier molecular flexibility index (Phi) is 5.95. The fourth-order valence-electron chi connectivity index (χ4n) is 2.37. The lowest BCUT2D eigenvalue weighted by Crippen LogP contribution is -2.22. The Morgan fingerprint density at radius 3 is 3.00 bits per heavy atom. The van der Waals surface area contributed by atoms with E-state index >= 15 is 0 Å². The standard InChI is InChI=1S/C15H25N3O/c1-2-13-19-14-7-5-8-16-15(14)17-9-6-12-18-10-3-4-11-18/h5,7-8H,2-4,6,9-13H2,1H3,(H,16,17). The van der Waals surface area contributed by atoms with Crippen LogP contribution in [0.4, 0.5) is 5.82 Å². The van der Waals surface area contributed by atoms with Crippen LogP contribution < -0.4 is 10.1 Å². The molecule has 0 saturated carbocycles. The summed E-state index contributed by atoms with van der Waals surface area (Å²) >= 11 is 0. The molecular formula is C15H25N3O. The molecule has 1 saturated heterocycles. The summed E-state index contributed by atoms with van der Waals surface area (Å²) in [6.07, 6.45) is 6.71. The van der Waals surface area contributed by atoms with Crippen molar-refractivity contribution >= 4 is 5.82 Å². The van der Waals surface area contributed by atoms with Crippen molar-refractivity contribution in [3.05, 3.63) is 18.3 Å². The Hall–Kier alpha value is -1.29. The van der Waals surface area contributed by atoms with E-state index in [4.69, 9.17) is 4.74 Å². The molecule has 0 aliphatic carbocycles. The Morgan fingerprint density at radius 1 is 1.37 bits per heavy atom. The number of anilines is 1. The van der Waals surface area contributed by atoms with Crippen molar-refractivity contribution in [2.75, 3.05) is 38.1 Å². The predicted molar refractivity (Wildman–Crippen MR) is 78.8 cm³/mol. The molecule has 0 amide bonds. The molecule has 0 atom stereocenters. The van der Waals surface area contributed by atoms with Gasteiger partial charge in [0.15, 0.2) is 11.6 Å². The van der Waals surface area contributed by atoms with E-state index in [1.54, 1.807) is 0 Å². The van der Waals surface area contributed by atoms with Crippen LogP contribution in [-0.2, 0) is 0 Å². The molecule has 0 bridgehead atoms. The average molecular weight is 263 g/mol. The quantitative estimate of drug-likeness (QED) is 0.732. The van der Waals surface area contributed by atoms with Gasteiger partial charge in [0, 0.05) is 12.7 Å². The van der Waals surface area contributed by atoms with Gasteiger partial charge in [0.05, 0.1) is 6.61 Å². The Labute approximate surface area is 116 Å². The van der Waals surface area contributed by atoms with Gasteiger partial charge in [-0.2, -0.15) is 0 Å². The lowest BCUT2D eigenvalue weighted by molar-refractivity contribution is 0.317. The molecule has 4 heteroatoms. The van der Waals surface area contributed by atoms with E-state index in [0.29, 0.717) is 0 Å². The second-order valence-electron chi connectivity index (χ2n) is 5.03. The zero-order valence-electron chi connectivity index (χ0n) is 11.9. The average Bonchev–Trinajstić information content (AvgIpc) is 2.95. The highest BCUT2D eigenvalue weighted by atomic mass is 16.5. The first-order valence-electron chi connectivity index (χ1n) is 7.44.